The third-order valence-corrected chi connectivity index (χ3v) is 9.58. The van der Waals surface area contributed by atoms with Crippen LogP contribution in [0.3, 0.4) is 0 Å². The first-order chi connectivity index (χ1) is 20.5. The fourth-order valence-electron chi connectivity index (χ4n) is 4.94. The molecule has 3 rings (SSSR count). The Morgan fingerprint density at radius 3 is 2.14 bits per heavy atom. The summed E-state index contributed by atoms with van der Waals surface area (Å²) >= 11 is 1.87. The normalized spacial score (nSPS) is 19.4. The lowest BCUT2D eigenvalue weighted by atomic mass is 10.0. The highest BCUT2D eigenvalue weighted by Crippen LogP contribution is 2.33. The van der Waals surface area contributed by atoms with Crippen LogP contribution < -0.4 is 26.1 Å². The zero-order valence-electron chi connectivity index (χ0n) is 23.9. The summed E-state index contributed by atoms with van der Waals surface area (Å²) in [6, 6.07) is 0.874. The summed E-state index contributed by atoms with van der Waals surface area (Å²) in [5.41, 5.74) is 0. The molecule has 3 heterocycles. The Kier molecular flexibility index (Phi) is 13.3. The van der Waals surface area contributed by atoms with E-state index in [0.717, 1.165) is 37.9 Å². The fourth-order valence-corrected chi connectivity index (χ4v) is 7.05. The van der Waals surface area contributed by atoms with Crippen molar-refractivity contribution < 1.29 is 47.2 Å². The number of carbonyl (C=O) groups is 4. The van der Waals surface area contributed by atoms with E-state index in [1.807, 2.05) is 11.8 Å². The van der Waals surface area contributed by atoms with E-state index in [1.165, 1.54) is 0 Å². The van der Waals surface area contributed by atoms with E-state index in [-0.39, 0.29) is 41.1 Å². The van der Waals surface area contributed by atoms with Gasteiger partial charge < -0.3 is 36.3 Å². The summed E-state index contributed by atoms with van der Waals surface area (Å²) in [5.74, 6) is -1.94. The molecule has 17 heteroatoms. The second-order valence-electron chi connectivity index (χ2n) is 10.6. The first-order valence-electron chi connectivity index (χ1n) is 14.5. The summed E-state index contributed by atoms with van der Waals surface area (Å²) in [5, 5.41) is 31.4. The molecule has 0 bridgehead atoms. The first-order valence-corrected chi connectivity index (χ1v) is 17.0. The molecule has 2 saturated heterocycles. The van der Waals surface area contributed by atoms with Gasteiger partial charge in [0.05, 0.1) is 12.1 Å². The molecule has 0 aliphatic carbocycles. The number of aromatic nitrogens is 1. The van der Waals surface area contributed by atoms with Crippen molar-refractivity contribution >= 4 is 45.7 Å². The van der Waals surface area contributed by atoms with Gasteiger partial charge in [0, 0.05) is 49.4 Å². The van der Waals surface area contributed by atoms with Crippen LogP contribution >= 0.6 is 11.8 Å². The van der Waals surface area contributed by atoms with Gasteiger partial charge in [-0.25, -0.2) is 9.59 Å². The largest absolute Gasteiger partial charge is 0.492 e. The van der Waals surface area contributed by atoms with Gasteiger partial charge in [-0.1, -0.05) is 19.3 Å². The number of fused-ring (bicyclic) bond motifs is 1. The SMILES string of the molecule is O=C(CCCCCNC(=O)CCCCC1SC[C@@H]2NC(=O)N[C@H]12)NCCCCCC(=O)On1c(O)cc(S(=O)(=O)O)c1O. The lowest BCUT2D eigenvalue weighted by molar-refractivity contribution is -0.145. The van der Waals surface area contributed by atoms with Gasteiger partial charge in [-0.2, -0.15) is 20.2 Å². The summed E-state index contributed by atoms with van der Waals surface area (Å²) in [4.78, 5) is 51.1. The number of nitrogens with one attached hydrogen (secondary N) is 4. The summed E-state index contributed by atoms with van der Waals surface area (Å²) in [7, 11) is -4.81. The number of rotatable bonds is 19. The van der Waals surface area contributed by atoms with E-state index >= 15 is 0 Å². The zero-order chi connectivity index (χ0) is 31.4. The monoisotopic (exact) mass is 647 g/mol. The lowest BCUT2D eigenvalue weighted by Gasteiger charge is -2.16. The molecule has 0 radical (unpaired) electrons. The highest BCUT2D eigenvalue weighted by molar-refractivity contribution is 8.00. The molecule has 2 fully saturated rings. The highest BCUT2D eigenvalue weighted by Gasteiger charge is 2.42. The highest BCUT2D eigenvalue weighted by atomic mass is 32.2. The molecule has 2 aliphatic heterocycles. The van der Waals surface area contributed by atoms with Gasteiger partial charge in [-0.3, -0.25) is 14.1 Å². The van der Waals surface area contributed by atoms with Crippen molar-refractivity contribution in [3.05, 3.63) is 6.07 Å². The number of hydrogen-bond donors (Lipinski definition) is 7. The molecule has 1 aromatic rings. The van der Waals surface area contributed by atoms with Gasteiger partial charge in [0.1, 0.15) is 0 Å². The Labute approximate surface area is 254 Å². The smallest absolute Gasteiger partial charge is 0.333 e. The van der Waals surface area contributed by atoms with Gasteiger partial charge in [-0.05, 0) is 38.5 Å². The molecule has 0 saturated carbocycles. The van der Waals surface area contributed by atoms with Crippen LogP contribution in [0, 0.1) is 0 Å². The van der Waals surface area contributed by atoms with Crippen LogP contribution in [0.15, 0.2) is 11.0 Å². The first kappa shape index (κ1) is 34.3. The average Bonchev–Trinajstić information content (AvgIpc) is 3.58. The molecule has 0 spiro atoms. The van der Waals surface area contributed by atoms with Crippen molar-refractivity contribution in [1.82, 2.24) is 26.0 Å². The molecule has 15 nitrogen and oxygen atoms in total. The number of hydrogen-bond acceptors (Lipinski definition) is 10. The quantitative estimate of drug-likeness (QED) is 0.0641. The number of carbonyl (C=O) groups excluding carboxylic acids is 4. The maximum absolute atomic E-state index is 12.1. The minimum atomic E-state index is -4.81. The second kappa shape index (κ2) is 16.6. The van der Waals surface area contributed by atoms with Crippen LogP contribution in [0.4, 0.5) is 4.79 Å². The molecule has 3 atom stereocenters. The molecule has 242 valence electrons. The van der Waals surface area contributed by atoms with Crippen molar-refractivity contribution in [2.45, 2.75) is 99.3 Å². The molecular formula is C26H41N5O10S2. The van der Waals surface area contributed by atoms with Crippen LogP contribution in [0.1, 0.15) is 77.0 Å². The predicted octanol–water partition coefficient (Wildman–Crippen LogP) is 1.18. The Hall–Kier alpha value is -3.18. The third kappa shape index (κ3) is 11.1. The van der Waals surface area contributed by atoms with Gasteiger partial charge in [0.25, 0.3) is 16.0 Å². The number of unbranched alkanes of at least 4 members (excludes halogenated alkanes) is 5. The molecule has 2 aliphatic rings. The standard InChI is InChI=1S/C26H41N5O10S2/c32-20(27-14-8-2-4-12-23(35)41-31-22(34)15-19(25(31)36)43(38,39)40)10-3-1-7-13-28-21(33)11-6-5-9-18-24-17(16-42-18)29-26(37)30-24/h15,17-18,24,34,36H,1-14,16H2,(H,27,32)(H,28,33)(H2,29,30,37)(H,38,39,40)/t17-,18?,24-/m0/s1. The molecule has 7 N–H and O–H groups in total. The van der Waals surface area contributed by atoms with Gasteiger partial charge in [0.15, 0.2) is 4.90 Å². The summed E-state index contributed by atoms with van der Waals surface area (Å²) in [6.07, 6.45) is 7.44. The zero-order valence-corrected chi connectivity index (χ0v) is 25.5. The summed E-state index contributed by atoms with van der Waals surface area (Å²) < 4.78 is 31.4. The topological polar surface area (TPSA) is 225 Å². The number of nitrogens with zero attached hydrogens (tertiary/aromatic N) is 1. The summed E-state index contributed by atoms with van der Waals surface area (Å²) in [6.45, 7) is 1.01. The van der Waals surface area contributed by atoms with Crippen LogP contribution in [-0.2, 0) is 24.5 Å². The lowest BCUT2D eigenvalue weighted by Crippen LogP contribution is -2.36. The predicted molar refractivity (Wildman–Crippen MR) is 156 cm³/mol. The Balaban J connectivity index is 1.11. The van der Waals surface area contributed by atoms with E-state index < -0.39 is 32.7 Å². The number of thioether (sulfide) groups is 1. The van der Waals surface area contributed by atoms with E-state index in [0.29, 0.717) is 62.9 Å². The van der Waals surface area contributed by atoms with E-state index in [9.17, 15) is 37.8 Å². The Bertz CT molecular complexity index is 1240. The number of urea groups is 1. The molecule has 43 heavy (non-hydrogen) atoms. The minimum absolute atomic E-state index is 0.0334. The van der Waals surface area contributed by atoms with Gasteiger partial charge in [-0.15, -0.1) is 4.73 Å². The van der Waals surface area contributed by atoms with E-state index in [2.05, 4.69) is 21.3 Å². The van der Waals surface area contributed by atoms with Crippen LogP contribution in [0.2, 0.25) is 0 Å². The second-order valence-corrected chi connectivity index (χ2v) is 13.3. The molecular weight excluding hydrogens is 606 g/mol. The molecule has 1 aromatic heterocycles. The number of amides is 4. The van der Waals surface area contributed by atoms with Gasteiger partial charge >= 0.3 is 12.0 Å². The Morgan fingerprint density at radius 1 is 0.930 bits per heavy atom. The maximum atomic E-state index is 12.1. The van der Waals surface area contributed by atoms with Crippen LogP contribution in [-0.4, -0.2) is 87.9 Å². The third-order valence-electron chi connectivity index (χ3n) is 7.22. The maximum Gasteiger partial charge on any atom is 0.333 e. The average molecular weight is 648 g/mol. The van der Waals surface area contributed by atoms with Crippen molar-refractivity contribution in [3.63, 3.8) is 0 Å². The molecule has 0 aromatic carbocycles. The minimum Gasteiger partial charge on any atom is -0.492 e. The fraction of sp³-hybridized carbons (Fsp3) is 0.692. The van der Waals surface area contributed by atoms with Crippen molar-refractivity contribution in [1.29, 1.82) is 0 Å². The molecule has 1 unspecified atom stereocenters. The van der Waals surface area contributed by atoms with Crippen LogP contribution in [0.5, 0.6) is 11.8 Å². The van der Waals surface area contributed by atoms with E-state index in [1.54, 1.807) is 0 Å². The number of aromatic hydroxyl groups is 2. The van der Waals surface area contributed by atoms with Crippen molar-refractivity contribution in [2.75, 3.05) is 18.8 Å². The van der Waals surface area contributed by atoms with E-state index in [4.69, 9.17) is 9.39 Å². The van der Waals surface area contributed by atoms with Crippen molar-refractivity contribution in [2.24, 2.45) is 0 Å². The van der Waals surface area contributed by atoms with Crippen molar-refractivity contribution in [3.8, 4) is 11.8 Å². The van der Waals surface area contributed by atoms with Gasteiger partial charge in [0.2, 0.25) is 17.7 Å². The Morgan fingerprint density at radius 2 is 1.53 bits per heavy atom. The molecule has 4 amide bonds. The van der Waals surface area contributed by atoms with Crippen LogP contribution in [0.25, 0.3) is 0 Å².